The predicted octanol–water partition coefficient (Wildman–Crippen LogP) is 1.94. The number of anilines is 2. The van der Waals surface area contributed by atoms with E-state index in [1.807, 2.05) is 19.1 Å². The van der Waals surface area contributed by atoms with Crippen molar-refractivity contribution in [3.8, 4) is 6.07 Å². The second kappa shape index (κ2) is 6.61. The van der Waals surface area contributed by atoms with Crippen LogP contribution in [0.4, 0.5) is 11.5 Å². The molecule has 2 aromatic rings. The molecule has 0 radical (unpaired) electrons. The SMILES string of the molecule is CCc1cc(N2CCN(c3ccc(C#N)nc3)CC2)nc(C)n1. The van der Waals surface area contributed by atoms with Gasteiger partial charge in [0, 0.05) is 37.9 Å². The Morgan fingerprint density at radius 1 is 1.13 bits per heavy atom. The molecular formula is C17H20N6. The van der Waals surface area contributed by atoms with Crippen LogP contribution in [0.15, 0.2) is 24.4 Å². The molecule has 3 rings (SSSR count). The Bertz CT molecular complexity index is 711. The summed E-state index contributed by atoms with van der Waals surface area (Å²) in [5, 5.41) is 8.82. The first-order valence-corrected chi connectivity index (χ1v) is 7.90. The van der Waals surface area contributed by atoms with Crippen LogP contribution in [0.3, 0.4) is 0 Å². The third-order valence-electron chi connectivity index (χ3n) is 4.07. The van der Waals surface area contributed by atoms with E-state index in [0.717, 1.165) is 55.6 Å². The van der Waals surface area contributed by atoms with E-state index >= 15 is 0 Å². The van der Waals surface area contributed by atoms with E-state index in [-0.39, 0.29) is 0 Å². The number of nitriles is 1. The smallest absolute Gasteiger partial charge is 0.140 e. The molecule has 0 aromatic carbocycles. The summed E-state index contributed by atoms with van der Waals surface area (Å²) in [6, 6.07) is 7.87. The third kappa shape index (κ3) is 3.39. The highest BCUT2D eigenvalue weighted by Gasteiger charge is 2.19. The molecule has 0 amide bonds. The molecule has 6 heteroatoms. The molecule has 0 saturated carbocycles. The Labute approximate surface area is 136 Å². The normalized spacial score (nSPS) is 14.7. The van der Waals surface area contributed by atoms with Gasteiger partial charge in [-0.1, -0.05) is 6.92 Å². The Balaban J connectivity index is 1.68. The number of piperazine rings is 1. The maximum Gasteiger partial charge on any atom is 0.140 e. The molecule has 0 spiro atoms. The number of nitrogens with zero attached hydrogens (tertiary/aromatic N) is 6. The average Bonchev–Trinajstić information content (AvgIpc) is 2.61. The minimum atomic E-state index is 0.455. The fourth-order valence-corrected chi connectivity index (χ4v) is 2.79. The molecule has 2 aromatic heterocycles. The van der Waals surface area contributed by atoms with Crippen molar-refractivity contribution < 1.29 is 0 Å². The zero-order valence-corrected chi connectivity index (χ0v) is 13.5. The molecule has 0 aliphatic carbocycles. The average molecular weight is 308 g/mol. The number of aryl methyl sites for hydroxylation is 2. The van der Waals surface area contributed by atoms with Crippen LogP contribution in [0.2, 0.25) is 0 Å². The van der Waals surface area contributed by atoms with Crippen LogP contribution in [-0.4, -0.2) is 41.1 Å². The van der Waals surface area contributed by atoms with Crippen LogP contribution >= 0.6 is 0 Å². The monoisotopic (exact) mass is 308 g/mol. The lowest BCUT2D eigenvalue weighted by molar-refractivity contribution is 0.644. The van der Waals surface area contributed by atoms with Crippen molar-refractivity contribution in [1.29, 1.82) is 5.26 Å². The molecule has 1 fully saturated rings. The van der Waals surface area contributed by atoms with Gasteiger partial charge in [0.15, 0.2) is 0 Å². The first-order chi connectivity index (χ1) is 11.2. The van der Waals surface area contributed by atoms with Gasteiger partial charge in [0.05, 0.1) is 11.9 Å². The molecule has 0 N–H and O–H groups in total. The lowest BCUT2D eigenvalue weighted by Gasteiger charge is -2.36. The lowest BCUT2D eigenvalue weighted by atomic mass is 10.2. The van der Waals surface area contributed by atoms with E-state index in [2.05, 4.69) is 37.7 Å². The Kier molecular flexibility index (Phi) is 4.38. The van der Waals surface area contributed by atoms with Crippen molar-refractivity contribution >= 4 is 11.5 Å². The molecule has 0 atom stereocenters. The first kappa shape index (κ1) is 15.2. The summed E-state index contributed by atoms with van der Waals surface area (Å²) in [6.07, 6.45) is 2.70. The molecule has 0 bridgehead atoms. The predicted molar refractivity (Wildman–Crippen MR) is 89.5 cm³/mol. The Hall–Kier alpha value is -2.68. The molecule has 1 aliphatic rings. The number of pyridine rings is 1. The number of rotatable bonds is 3. The molecular weight excluding hydrogens is 288 g/mol. The van der Waals surface area contributed by atoms with Gasteiger partial charge in [0.25, 0.3) is 0 Å². The number of aromatic nitrogens is 3. The van der Waals surface area contributed by atoms with Crippen LogP contribution in [0.1, 0.15) is 24.1 Å². The van der Waals surface area contributed by atoms with Gasteiger partial charge in [-0.05, 0) is 25.5 Å². The molecule has 6 nitrogen and oxygen atoms in total. The van der Waals surface area contributed by atoms with E-state index in [0.29, 0.717) is 5.69 Å². The topological polar surface area (TPSA) is 68.9 Å². The van der Waals surface area contributed by atoms with Crippen LogP contribution in [0.5, 0.6) is 0 Å². The van der Waals surface area contributed by atoms with E-state index in [1.54, 1.807) is 12.3 Å². The van der Waals surface area contributed by atoms with Crippen LogP contribution in [0.25, 0.3) is 0 Å². The summed E-state index contributed by atoms with van der Waals surface area (Å²) in [5.74, 6) is 1.85. The Morgan fingerprint density at radius 3 is 2.48 bits per heavy atom. The van der Waals surface area contributed by atoms with E-state index in [1.165, 1.54) is 0 Å². The summed E-state index contributed by atoms with van der Waals surface area (Å²) < 4.78 is 0. The Morgan fingerprint density at radius 2 is 1.87 bits per heavy atom. The lowest BCUT2D eigenvalue weighted by Crippen LogP contribution is -2.47. The maximum absolute atomic E-state index is 8.82. The van der Waals surface area contributed by atoms with E-state index in [9.17, 15) is 0 Å². The highest BCUT2D eigenvalue weighted by atomic mass is 15.3. The van der Waals surface area contributed by atoms with Crippen molar-refractivity contribution in [3.63, 3.8) is 0 Å². The minimum absolute atomic E-state index is 0.455. The summed E-state index contributed by atoms with van der Waals surface area (Å²) >= 11 is 0. The van der Waals surface area contributed by atoms with Gasteiger partial charge < -0.3 is 9.80 Å². The highest BCUT2D eigenvalue weighted by molar-refractivity contribution is 5.49. The molecule has 1 saturated heterocycles. The van der Waals surface area contributed by atoms with Gasteiger partial charge in [-0.15, -0.1) is 0 Å². The van der Waals surface area contributed by atoms with E-state index in [4.69, 9.17) is 5.26 Å². The fraction of sp³-hybridized carbons (Fsp3) is 0.412. The van der Waals surface area contributed by atoms with Crippen molar-refractivity contribution in [2.75, 3.05) is 36.0 Å². The zero-order chi connectivity index (χ0) is 16.2. The van der Waals surface area contributed by atoms with Gasteiger partial charge in [-0.3, -0.25) is 0 Å². The standard InChI is InChI=1S/C17H20N6/c1-3-14-10-17(21-13(2)20-14)23-8-6-22(7-9-23)16-5-4-15(11-18)19-12-16/h4-5,10,12H,3,6-9H2,1-2H3. The largest absolute Gasteiger partial charge is 0.367 e. The van der Waals surface area contributed by atoms with E-state index < -0.39 is 0 Å². The van der Waals surface area contributed by atoms with Crippen LogP contribution < -0.4 is 9.80 Å². The summed E-state index contributed by atoms with van der Waals surface area (Å²) in [5.41, 5.74) is 2.61. The van der Waals surface area contributed by atoms with Crippen LogP contribution in [-0.2, 0) is 6.42 Å². The fourth-order valence-electron chi connectivity index (χ4n) is 2.79. The van der Waals surface area contributed by atoms with Crippen LogP contribution in [0, 0.1) is 18.3 Å². The van der Waals surface area contributed by atoms with Crippen molar-refractivity contribution in [2.45, 2.75) is 20.3 Å². The first-order valence-electron chi connectivity index (χ1n) is 7.90. The molecule has 3 heterocycles. The zero-order valence-electron chi connectivity index (χ0n) is 13.5. The third-order valence-corrected chi connectivity index (χ3v) is 4.07. The van der Waals surface area contributed by atoms with Gasteiger partial charge in [0.2, 0.25) is 0 Å². The van der Waals surface area contributed by atoms with Gasteiger partial charge >= 0.3 is 0 Å². The molecule has 118 valence electrons. The quantitative estimate of drug-likeness (QED) is 0.863. The minimum Gasteiger partial charge on any atom is -0.367 e. The number of hydrogen-bond acceptors (Lipinski definition) is 6. The van der Waals surface area contributed by atoms with Crippen molar-refractivity contribution in [3.05, 3.63) is 41.6 Å². The van der Waals surface area contributed by atoms with Gasteiger partial charge in [-0.25, -0.2) is 15.0 Å². The summed E-state index contributed by atoms with van der Waals surface area (Å²) in [6.45, 7) is 7.72. The maximum atomic E-state index is 8.82. The van der Waals surface area contributed by atoms with Crippen molar-refractivity contribution in [2.24, 2.45) is 0 Å². The molecule has 23 heavy (non-hydrogen) atoms. The van der Waals surface area contributed by atoms with Crippen molar-refractivity contribution in [1.82, 2.24) is 15.0 Å². The second-order valence-electron chi connectivity index (χ2n) is 5.61. The van der Waals surface area contributed by atoms with Gasteiger partial charge in [0.1, 0.15) is 23.4 Å². The summed E-state index contributed by atoms with van der Waals surface area (Å²) in [4.78, 5) is 17.8. The second-order valence-corrected chi connectivity index (χ2v) is 5.61. The summed E-state index contributed by atoms with van der Waals surface area (Å²) in [7, 11) is 0. The molecule has 1 aliphatic heterocycles. The highest BCUT2D eigenvalue weighted by Crippen LogP contribution is 2.19. The molecule has 0 unspecified atom stereocenters. The van der Waals surface area contributed by atoms with Gasteiger partial charge in [-0.2, -0.15) is 5.26 Å². The number of hydrogen-bond donors (Lipinski definition) is 0.